The number of carbonyl (C=O) groups excluding carboxylic acids is 1. The van der Waals surface area contributed by atoms with Crippen molar-refractivity contribution in [3.05, 3.63) is 0 Å². The van der Waals surface area contributed by atoms with Gasteiger partial charge in [-0.15, -0.1) is 0 Å². The van der Waals surface area contributed by atoms with E-state index < -0.39 is 0 Å². The first-order valence-electron chi connectivity index (χ1n) is 2.68. The van der Waals surface area contributed by atoms with Gasteiger partial charge in [-0.3, -0.25) is 4.79 Å². The highest BCUT2D eigenvalue weighted by molar-refractivity contribution is 14.1. The lowest BCUT2D eigenvalue weighted by Crippen LogP contribution is -2.26. The molecule has 1 rings (SSSR count). The number of halogens is 1. The van der Waals surface area contributed by atoms with E-state index in [1.165, 1.54) is 0 Å². The summed E-state index contributed by atoms with van der Waals surface area (Å²) in [7, 11) is 0. The fourth-order valence-corrected chi connectivity index (χ4v) is 1.45. The third-order valence-corrected chi connectivity index (χ3v) is 2.33. The molecule has 0 saturated carbocycles. The van der Waals surface area contributed by atoms with Crippen LogP contribution in [0, 0.1) is 0 Å². The molecule has 46 valence electrons. The molecule has 1 fully saturated rings. The van der Waals surface area contributed by atoms with Gasteiger partial charge in [-0.05, 0) is 6.42 Å². The van der Waals surface area contributed by atoms with Crippen molar-refractivity contribution in [1.29, 1.82) is 0 Å². The standard InChI is InChI=1S/C5H8INO/c6-3-4-1-2-5(8)7-4/h4H,1-3H2,(H,7,8). The van der Waals surface area contributed by atoms with Crippen LogP contribution in [0.15, 0.2) is 0 Å². The molecular weight excluding hydrogens is 217 g/mol. The molecule has 2 nitrogen and oxygen atoms in total. The van der Waals surface area contributed by atoms with Crippen LogP contribution in [0.4, 0.5) is 0 Å². The average Bonchev–Trinajstić information content (AvgIpc) is 2.14. The number of nitrogens with one attached hydrogen (secondary N) is 1. The van der Waals surface area contributed by atoms with Crippen molar-refractivity contribution in [2.24, 2.45) is 0 Å². The quantitative estimate of drug-likeness (QED) is 0.516. The molecule has 1 atom stereocenters. The van der Waals surface area contributed by atoms with Gasteiger partial charge in [-0.2, -0.15) is 0 Å². The normalized spacial score (nSPS) is 28.1. The van der Waals surface area contributed by atoms with E-state index in [9.17, 15) is 4.79 Å². The summed E-state index contributed by atoms with van der Waals surface area (Å²) in [4.78, 5) is 10.5. The summed E-state index contributed by atoms with van der Waals surface area (Å²) in [5.74, 6) is 0.215. The van der Waals surface area contributed by atoms with Gasteiger partial charge < -0.3 is 5.32 Å². The minimum atomic E-state index is 0.215. The second-order valence-corrected chi connectivity index (χ2v) is 2.84. The minimum absolute atomic E-state index is 0.215. The maximum absolute atomic E-state index is 10.5. The second-order valence-electron chi connectivity index (χ2n) is 1.96. The first-order valence-corrected chi connectivity index (χ1v) is 4.21. The lowest BCUT2D eigenvalue weighted by molar-refractivity contribution is -0.119. The molecule has 3 heteroatoms. The van der Waals surface area contributed by atoms with E-state index in [0.29, 0.717) is 6.04 Å². The van der Waals surface area contributed by atoms with Crippen molar-refractivity contribution in [2.75, 3.05) is 4.43 Å². The molecule has 1 amide bonds. The molecule has 0 aromatic rings. The van der Waals surface area contributed by atoms with Crippen molar-refractivity contribution in [2.45, 2.75) is 18.9 Å². The van der Waals surface area contributed by atoms with E-state index >= 15 is 0 Å². The number of amides is 1. The number of alkyl halides is 1. The van der Waals surface area contributed by atoms with E-state index in [-0.39, 0.29) is 5.91 Å². The van der Waals surface area contributed by atoms with Gasteiger partial charge in [0.15, 0.2) is 0 Å². The van der Waals surface area contributed by atoms with E-state index in [2.05, 4.69) is 27.9 Å². The van der Waals surface area contributed by atoms with Crippen molar-refractivity contribution in [3.63, 3.8) is 0 Å². The number of carbonyl (C=O) groups is 1. The molecule has 0 spiro atoms. The van der Waals surface area contributed by atoms with Gasteiger partial charge in [0.05, 0.1) is 0 Å². The predicted molar refractivity (Wildman–Crippen MR) is 40.1 cm³/mol. The molecule has 8 heavy (non-hydrogen) atoms. The van der Waals surface area contributed by atoms with Crippen LogP contribution in [0.25, 0.3) is 0 Å². The summed E-state index contributed by atoms with van der Waals surface area (Å²) in [6.45, 7) is 0. The van der Waals surface area contributed by atoms with Crippen LogP contribution >= 0.6 is 22.6 Å². The topological polar surface area (TPSA) is 29.1 Å². The van der Waals surface area contributed by atoms with Crippen LogP contribution in [0.3, 0.4) is 0 Å². The van der Waals surface area contributed by atoms with Crippen LogP contribution in [0.2, 0.25) is 0 Å². The maximum atomic E-state index is 10.5. The van der Waals surface area contributed by atoms with Crippen molar-refractivity contribution < 1.29 is 4.79 Å². The van der Waals surface area contributed by atoms with Crippen molar-refractivity contribution in [3.8, 4) is 0 Å². The minimum Gasteiger partial charge on any atom is -0.353 e. The van der Waals surface area contributed by atoms with Gasteiger partial charge in [-0.1, -0.05) is 22.6 Å². The fraction of sp³-hybridized carbons (Fsp3) is 0.800. The average molecular weight is 225 g/mol. The Hall–Kier alpha value is 0.200. The maximum Gasteiger partial charge on any atom is 0.220 e. The van der Waals surface area contributed by atoms with E-state index in [4.69, 9.17) is 0 Å². The van der Waals surface area contributed by atoms with E-state index in [1.807, 2.05) is 0 Å². The highest BCUT2D eigenvalue weighted by Crippen LogP contribution is 2.07. The zero-order valence-corrected chi connectivity index (χ0v) is 6.64. The van der Waals surface area contributed by atoms with Crippen LogP contribution in [-0.2, 0) is 4.79 Å². The third kappa shape index (κ3) is 1.34. The smallest absolute Gasteiger partial charge is 0.220 e. The SMILES string of the molecule is O=C1CCC(CI)N1. The van der Waals surface area contributed by atoms with Gasteiger partial charge in [0.2, 0.25) is 5.91 Å². The van der Waals surface area contributed by atoms with Crippen molar-refractivity contribution >= 4 is 28.5 Å². The Bertz CT molecular complexity index is 105. The van der Waals surface area contributed by atoms with Crippen LogP contribution in [-0.4, -0.2) is 16.4 Å². The summed E-state index contributed by atoms with van der Waals surface area (Å²) in [5.41, 5.74) is 0. The highest BCUT2D eigenvalue weighted by Gasteiger charge is 2.18. The van der Waals surface area contributed by atoms with Crippen LogP contribution < -0.4 is 5.32 Å². The van der Waals surface area contributed by atoms with Crippen molar-refractivity contribution in [1.82, 2.24) is 5.32 Å². The Morgan fingerprint density at radius 1 is 1.88 bits per heavy atom. The van der Waals surface area contributed by atoms with E-state index in [0.717, 1.165) is 17.3 Å². The summed E-state index contributed by atoms with van der Waals surface area (Å²) in [5, 5.41) is 2.86. The Labute approximate surface area is 62.2 Å². The Balaban J connectivity index is 2.32. The largest absolute Gasteiger partial charge is 0.353 e. The molecule has 1 N–H and O–H groups in total. The zero-order chi connectivity index (χ0) is 5.98. The number of hydrogen-bond donors (Lipinski definition) is 1. The molecule has 0 aromatic heterocycles. The first kappa shape index (κ1) is 6.32. The Morgan fingerprint density at radius 2 is 2.62 bits per heavy atom. The number of rotatable bonds is 1. The van der Waals surface area contributed by atoms with E-state index in [1.54, 1.807) is 0 Å². The summed E-state index contributed by atoms with van der Waals surface area (Å²) >= 11 is 2.28. The predicted octanol–water partition coefficient (Wildman–Crippen LogP) is 0.700. The van der Waals surface area contributed by atoms with Gasteiger partial charge >= 0.3 is 0 Å². The summed E-state index contributed by atoms with van der Waals surface area (Å²) in [6.07, 6.45) is 1.76. The molecular formula is C5H8INO. The molecule has 0 bridgehead atoms. The lowest BCUT2D eigenvalue weighted by Gasteiger charge is -2.01. The molecule has 0 radical (unpaired) electrons. The second kappa shape index (κ2) is 2.66. The van der Waals surface area contributed by atoms with Crippen LogP contribution in [0.1, 0.15) is 12.8 Å². The number of hydrogen-bond acceptors (Lipinski definition) is 1. The molecule has 1 unspecified atom stereocenters. The Morgan fingerprint density at radius 3 is 2.88 bits per heavy atom. The highest BCUT2D eigenvalue weighted by atomic mass is 127. The monoisotopic (exact) mass is 225 g/mol. The lowest BCUT2D eigenvalue weighted by atomic mass is 10.3. The molecule has 1 saturated heterocycles. The molecule has 0 aliphatic carbocycles. The fourth-order valence-electron chi connectivity index (χ4n) is 0.793. The summed E-state index contributed by atoms with van der Waals surface area (Å²) in [6, 6.07) is 0.461. The summed E-state index contributed by atoms with van der Waals surface area (Å²) < 4.78 is 1.05. The molecule has 0 aromatic carbocycles. The van der Waals surface area contributed by atoms with Crippen LogP contribution in [0.5, 0.6) is 0 Å². The molecule has 1 aliphatic rings. The first-order chi connectivity index (χ1) is 3.83. The van der Waals surface area contributed by atoms with Gasteiger partial charge in [-0.25, -0.2) is 0 Å². The van der Waals surface area contributed by atoms with Gasteiger partial charge in [0.25, 0.3) is 0 Å². The van der Waals surface area contributed by atoms with Gasteiger partial charge in [0.1, 0.15) is 0 Å². The third-order valence-electron chi connectivity index (χ3n) is 1.27. The molecule has 1 heterocycles. The Kier molecular flexibility index (Phi) is 2.10. The molecule has 1 aliphatic heterocycles. The van der Waals surface area contributed by atoms with Gasteiger partial charge in [0, 0.05) is 16.9 Å². The zero-order valence-electron chi connectivity index (χ0n) is 4.48.